The number of rotatable bonds is 4. The molecule has 0 spiro atoms. The predicted octanol–water partition coefficient (Wildman–Crippen LogP) is 0.791. The van der Waals surface area contributed by atoms with E-state index in [1.165, 1.54) is 6.42 Å². The molecule has 0 bridgehead atoms. The van der Waals surface area contributed by atoms with Crippen molar-refractivity contribution < 1.29 is 4.79 Å². The molecule has 0 saturated heterocycles. The van der Waals surface area contributed by atoms with Gasteiger partial charge in [-0.25, -0.2) is 4.98 Å². The predicted molar refractivity (Wildman–Crippen MR) is 64.9 cm³/mol. The number of nitrogens with two attached hydrogens (primary N) is 1. The van der Waals surface area contributed by atoms with E-state index in [4.69, 9.17) is 5.73 Å². The minimum Gasteiger partial charge on any atom is -0.349 e. The normalized spacial score (nSPS) is 24.5. The van der Waals surface area contributed by atoms with Crippen molar-refractivity contribution in [2.45, 2.75) is 32.2 Å². The van der Waals surface area contributed by atoms with Crippen molar-refractivity contribution in [3.8, 4) is 0 Å². The van der Waals surface area contributed by atoms with Crippen molar-refractivity contribution in [2.24, 2.45) is 17.6 Å². The number of aromatic nitrogens is 2. The third kappa shape index (κ3) is 3.06. The molecule has 5 heteroatoms. The zero-order chi connectivity index (χ0) is 12.1. The van der Waals surface area contributed by atoms with Crippen molar-refractivity contribution in [2.75, 3.05) is 6.54 Å². The molecular weight excluding hydrogens is 216 g/mol. The Labute approximate surface area is 101 Å². The average molecular weight is 236 g/mol. The molecule has 1 heterocycles. The number of amides is 1. The van der Waals surface area contributed by atoms with Crippen molar-refractivity contribution in [1.29, 1.82) is 0 Å². The van der Waals surface area contributed by atoms with Crippen LogP contribution >= 0.6 is 0 Å². The van der Waals surface area contributed by atoms with Gasteiger partial charge in [0.25, 0.3) is 0 Å². The molecule has 4 N–H and O–H groups in total. The smallest absolute Gasteiger partial charge is 0.223 e. The number of hydrogen-bond donors (Lipinski definition) is 3. The highest BCUT2D eigenvalue weighted by Crippen LogP contribution is 2.29. The molecule has 2 rings (SSSR count). The second kappa shape index (κ2) is 5.82. The van der Waals surface area contributed by atoms with E-state index in [0.29, 0.717) is 19.0 Å². The van der Waals surface area contributed by atoms with Crippen molar-refractivity contribution in [3.63, 3.8) is 0 Å². The molecule has 1 saturated carbocycles. The van der Waals surface area contributed by atoms with E-state index < -0.39 is 0 Å². The highest BCUT2D eigenvalue weighted by Gasteiger charge is 2.29. The zero-order valence-corrected chi connectivity index (χ0v) is 9.98. The van der Waals surface area contributed by atoms with Gasteiger partial charge in [-0.15, -0.1) is 0 Å². The van der Waals surface area contributed by atoms with Crippen LogP contribution in [0.2, 0.25) is 0 Å². The zero-order valence-electron chi connectivity index (χ0n) is 9.98. The fourth-order valence-corrected chi connectivity index (χ4v) is 2.53. The summed E-state index contributed by atoms with van der Waals surface area (Å²) in [4.78, 5) is 19.1. The van der Waals surface area contributed by atoms with Crippen LogP contribution in [0.3, 0.4) is 0 Å². The number of carbonyl (C=O) groups excluding carboxylic acids is 1. The summed E-state index contributed by atoms with van der Waals surface area (Å²) in [6.07, 6.45) is 7.82. The van der Waals surface area contributed by atoms with Gasteiger partial charge in [-0.05, 0) is 25.3 Å². The second-order valence-corrected chi connectivity index (χ2v) is 4.64. The van der Waals surface area contributed by atoms with Crippen LogP contribution in [0, 0.1) is 11.8 Å². The molecular formula is C12H20N4O. The molecule has 0 aliphatic heterocycles. The maximum Gasteiger partial charge on any atom is 0.223 e. The summed E-state index contributed by atoms with van der Waals surface area (Å²) in [6.45, 7) is 1.08. The van der Waals surface area contributed by atoms with Gasteiger partial charge >= 0.3 is 0 Å². The molecule has 1 amide bonds. The number of H-pyrrole nitrogens is 1. The van der Waals surface area contributed by atoms with Crippen LogP contribution in [0.5, 0.6) is 0 Å². The number of nitrogens with zero attached hydrogens (tertiary/aromatic N) is 1. The SMILES string of the molecule is NCC1CCCCC1C(=O)NCc1ncc[nH]1. The number of carbonyl (C=O) groups is 1. The second-order valence-electron chi connectivity index (χ2n) is 4.64. The van der Waals surface area contributed by atoms with E-state index in [1.807, 2.05) is 0 Å². The lowest BCUT2D eigenvalue weighted by Gasteiger charge is -2.29. The molecule has 5 nitrogen and oxygen atoms in total. The Hall–Kier alpha value is -1.36. The van der Waals surface area contributed by atoms with E-state index in [2.05, 4.69) is 15.3 Å². The molecule has 1 aliphatic carbocycles. The van der Waals surface area contributed by atoms with Gasteiger partial charge in [0.05, 0.1) is 6.54 Å². The third-order valence-electron chi connectivity index (χ3n) is 3.53. The van der Waals surface area contributed by atoms with Gasteiger partial charge < -0.3 is 16.0 Å². The van der Waals surface area contributed by atoms with Crippen LogP contribution in [0.1, 0.15) is 31.5 Å². The van der Waals surface area contributed by atoms with Gasteiger partial charge in [0.2, 0.25) is 5.91 Å². The molecule has 1 aromatic heterocycles. The Kier molecular flexibility index (Phi) is 4.14. The molecule has 1 aliphatic rings. The first-order valence-electron chi connectivity index (χ1n) is 6.27. The molecule has 0 radical (unpaired) electrons. The van der Waals surface area contributed by atoms with Gasteiger partial charge in [-0.2, -0.15) is 0 Å². The fraction of sp³-hybridized carbons (Fsp3) is 0.667. The summed E-state index contributed by atoms with van der Waals surface area (Å²) >= 11 is 0. The number of nitrogens with one attached hydrogen (secondary N) is 2. The van der Waals surface area contributed by atoms with Crippen molar-refractivity contribution in [1.82, 2.24) is 15.3 Å². The highest BCUT2D eigenvalue weighted by atomic mass is 16.1. The molecule has 17 heavy (non-hydrogen) atoms. The van der Waals surface area contributed by atoms with E-state index in [9.17, 15) is 4.79 Å². The Morgan fingerprint density at radius 2 is 2.35 bits per heavy atom. The summed E-state index contributed by atoms with van der Waals surface area (Å²) in [5, 5.41) is 2.93. The fourth-order valence-electron chi connectivity index (χ4n) is 2.53. The molecule has 1 aromatic rings. The number of hydrogen-bond acceptors (Lipinski definition) is 3. The lowest BCUT2D eigenvalue weighted by Crippen LogP contribution is -2.39. The molecule has 2 unspecified atom stereocenters. The first-order valence-corrected chi connectivity index (χ1v) is 6.27. The van der Waals surface area contributed by atoms with Gasteiger partial charge in [0.1, 0.15) is 5.82 Å². The van der Waals surface area contributed by atoms with Crippen LogP contribution in [0.15, 0.2) is 12.4 Å². The Morgan fingerprint density at radius 1 is 1.53 bits per heavy atom. The molecule has 2 atom stereocenters. The maximum atomic E-state index is 12.1. The Balaban J connectivity index is 1.85. The highest BCUT2D eigenvalue weighted by molar-refractivity contribution is 5.79. The van der Waals surface area contributed by atoms with Crippen LogP contribution in [-0.4, -0.2) is 22.4 Å². The van der Waals surface area contributed by atoms with E-state index in [0.717, 1.165) is 25.1 Å². The Morgan fingerprint density at radius 3 is 3.06 bits per heavy atom. The van der Waals surface area contributed by atoms with Gasteiger partial charge in [0.15, 0.2) is 0 Å². The van der Waals surface area contributed by atoms with Crippen molar-refractivity contribution >= 4 is 5.91 Å². The van der Waals surface area contributed by atoms with E-state index in [-0.39, 0.29) is 11.8 Å². The largest absolute Gasteiger partial charge is 0.349 e. The van der Waals surface area contributed by atoms with E-state index >= 15 is 0 Å². The van der Waals surface area contributed by atoms with Gasteiger partial charge in [-0.1, -0.05) is 12.8 Å². The summed E-state index contributed by atoms with van der Waals surface area (Å²) < 4.78 is 0. The summed E-state index contributed by atoms with van der Waals surface area (Å²) in [6, 6.07) is 0. The van der Waals surface area contributed by atoms with Crippen molar-refractivity contribution in [3.05, 3.63) is 18.2 Å². The minimum absolute atomic E-state index is 0.0868. The quantitative estimate of drug-likeness (QED) is 0.722. The number of imidazole rings is 1. The summed E-state index contributed by atoms with van der Waals surface area (Å²) in [7, 11) is 0. The monoisotopic (exact) mass is 236 g/mol. The van der Waals surface area contributed by atoms with Gasteiger partial charge in [-0.3, -0.25) is 4.79 Å². The average Bonchev–Trinajstić information content (AvgIpc) is 2.89. The van der Waals surface area contributed by atoms with E-state index in [1.54, 1.807) is 12.4 Å². The number of aromatic amines is 1. The standard InChI is InChI=1S/C12H20N4O/c13-7-9-3-1-2-4-10(9)12(17)16-8-11-14-5-6-15-11/h5-6,9-10H,1-4,7-8,13H2,(H,14,15)(H,16,17). The molecule has 1 fully saturated rings. The van der Waals surface area contributed by atoms with Crippen LogP contribution in [-0.2, 0) is 11.3 Å². The minimum atomic E-state index is 0.0868. The first-order chi connectivity index (χ1) is 8.31. The first kappa shape index (κ1) is 12.1. The molecule has 94 valence electrons. The maximum absolute atomic E-state index is 12.1. The lowest BCUT2D eigenvalue weighted by molar-refractivity contribution is -0.127. The molecule has 0 aromatic carbocycles. The van der Waals surface area contributed by atoms with Crippen LogP contribution in [0.4, 0.5) is 0 Å². The topological polar surface area (TPSA) is 83.8 Å². The van der Waals surface area contributed by atoms with Crippen LogP contribution in [0.25, 0.3) is 0 Å². The Bertz CT molecular complexity index is 349. The van der Waals surface area contributed by atoms with Crippen LogP contribution < -0.4 is 11.1 Å². The summed E-state index contributed by atoms with van der Waals surface area (Å²) in [5.74, 6) is 1.35. The summed E-state index contributed by atoms with van der Waals surface area (Å²) in [5.41, 5.74) is 5.72. The third-order valence-corrected chi connectivity index (χ3v) is 3.53. The van der Waals surface area contributed by atoms with Gasteiger partial charge in [0, 0.05) is 18.3 Å². The lowest BCUT2D eigenvalue weighted by atomic mass is 9.79.